The van der Waals surface area contributed by atoms with Gasteiger partial charge in [0.2, 0.25) is 0 Å². The summed E-state index contributed by atoms with van der Waals surface area (Å²) in [5.41, 5.74) is 9.91. The molecule has 0 aliphatic heterocycles. The van der Waals surface area contributed by atoms with Gasteiger partial charge in [0.15, 0.2) is 11.6 Å². The second kappa shape index (κ2) is 10.0. The predicted octanol–water partition coefficient (Wildman–Crippen LogP) is 5.90. The Balaban J connectivity index is 1.62. The molecule has 0 bridgehead atoms. The maximum Gasteiger partial charge on any atom is 0.170 e. The van der Waals surface area contributed by atoms with E-state index in [0.717, 1.165) is 39.7 Å². The third-order valence-corrected chi connectivity index (χ3v) is 6.09. The number of aromatic nitrogens is 4. The number of aryl methyl sites for hydroxylation is 1. The molecule has 36 heavy (non-hydrogen) atoms. The number of H-pyrrole nitrogens is 1. The first-order valence-electron chi connectivity index (χ1n) is 11.9. The quantitative estimate of drug-likeness (QED) is 0.254. The van der Waals surface area contributed by atoms with Crippen LogP contribution in [-0.4, -0.2) is 26.5 Å². The van der Waals surface area contributed by atoms with E-state index in [1.54, 1.807) is 30.9 Å². The van der Waals surface area contributed by atoms with Crippen LogP contribution in [0.5, 0.6) is 5.75 Å². The van der Waals surface area contributed by atoms with Gasteiger partial charge in [0, 0.05) is 40.8 Å². The normalized spacial score (nSPS) is 12.0. The van der Waals surface area contributed by atoms with Crippen LogP contribution in [0.15, 0.2) is 73.3 Å². The molecule has 5 rings (SSSR count). The van der Waals surface area contributed by atoms with Crippen LogP contribution in [0, 0.1) is 5.82 Å². The van der Waals surface area contributed by atoms with E-state index in [-0.39, 0.29) is 5.75 Å². The van der Waals surface area contributed by atoms with Gasteiger partial charge in [0.1, 0.15) is 17.7 Å². The minimum absolute atomic E-state index is 0.232. The molecule has 0 saturated carbocycles. The Morgan fingerprint density at radius 2 is 1.94 bits per heavy atom. The van der Waals surface area contributed by atoms with E-state index in [1.807, 2.05) is 56.3 Å². The second-order valence-corrected chi connectivity index (χ2v) is 8.42. The number of nitrogens with zero attached hydrogens (tertiary/aromatic N) is 3. The van der Waals surface area contributed by atoms with E-state index in [4.69, 9.17) is 10.5 Å². The van der Waals surface area contributed by atoms with Gasteiger partial charge in [-0.2, -0.15) is 0 Å². The number of pyridine rings is 2. The van der Waals surface area contributed by atoms with Gasteiger partial charge < -0.3 is 20.8 Å². The number of imidazole rings is 1. The zero-order valence-electron chi connectivity index (χ0n) is 20.1. The van der Waals surface area contributed by atoms with E-state index in [2.05, 4.69) is 25.3 Å². The predicted molar refractivity (Wildman–Crippen MR) is 140 cm³/mol. The summed E-state index contributed by atoms with van der Waals surface area (Å²) in [6.07, 6.45) is 7.62. The summed E-state index contributed by atoms with van der Waals surface area (Å²) in [5.74, 6) is 0.846. The molecule has 3 aromatic heterocycles. The van der Waals surface area contributed by atoms with Crippen LogP contribution in [0.2, 0.25) is 0 Å². The van der Waals surface area contributed by atoms with Crippen LogP contribution in [0.25, 0.3) is 22.0 Å². The highest BCUT2D eigenvalue weighted by Gasteiger charge is 2.25. The number of nitrogens with two attached hydrogens (primary N) is 1. The molecule has 5 aromatic rings. The number of nitrogens with one attached hydrogen (secondary N) is 2. The summed E-state index contributed by atoms with van der Waals surface area (Å²) in [4.78, 5) is 16.3. The van der Waals surface area contributed by atoms with Crippen molar-refractivity contribution in [3.8, 4) is 17.0 Å². The van der Waals surface area contributed by atoms with Crippen molar-refractivity contribution in [2.24, 2.45) is 0 Å². The smallest absolute Gasteiger partial charge is 0.170 e. The molecule has 2 aromatic carbocycles. The third-order valence-electron chi connectivity index (χ3n) is 6.09. The molecule has 4 N–H and O–H groups in total. The number of fused-ring (bicyclic) bond motifs is 1. The van der Waals surface area contributed by atoms with Crippen LogP contribution in [0.4, 0.5) is 15.9 Å². The zero-order chi connectivity index (χ0) is 25.1. The molecule has 0 saturated heterocycles. The lowest BCUT2D eigenvalue weighted by Crippen LogP contribution is -2.17. The molecule has 0 spiro atoms. The molecular weight excluding hydrogens is 455 g/mol. The lowest BCUT2D eigenvalue weighted by molar-refractivity contribution is 0.319. The number of hydrogen-bond donors (Lipinski definition) is 3. The molecule has 182 valence electrons. The Hall–Kier alpha value is -4.46. The van der Waals surface area contributed by atoms with E-state index in [1.165, 1.54) is 0 Å². The van der Waals surface area contributed by atoms with Crippen molar-refractivity contribution in [3.05, 3.63) is 96.1 Å². The standard InChI is InChI=1S/C28H27FN6O/c1-3-17-12-22(25(29)24(13-17)36-4-2)26(28-33-16-23(35-28)19-6-5-10-31-15-19)34-20-7-8-21-18(14-20)9-11-32-27(21)30/h5-16,26,34H,3-4H2,1-2H3,(H2,30,32)(H,33,35). The minimum Gasteiger partial charge on any atom is -0.491 e. The third kappa shape index (κ3) is 4.57. The lowest BCUT2D eigenvalue weighted by Gasteiger charge is -2.22. The fourth-order valence-electron chi connectivity index (χ4n) is 4.26. The van der Waals surface area contributed by atoms with Crippen LogP contribution < -0.4 is 15.8 Å². The molecule has 0 aliphatic carbocycles. The highest BCUT2D eigenvalue weighted by molar-refractivity contribution is 5.92. The summed E-state index contributed by atoms with van der Waals surface area (Å²) in [6, 6.07) is 14.5. The van der Waals surface area contributed by atoms with Crippen LogP contribution in [0.1, 0.15) is 36.8 Å². The Kier molecular flexibility index (Phi) is 6.49. The molecule has 0 aliphatic rings. The van der Waals surface area contributed by atoms with E-state index < -0.39 is 11.9 Å². The fraction of sp³-hybridized carbons (Fsp3) is 0.179. The second-order valence-electron chi connectivity index (χ2n) is 8.42. The Bertz CT molecular complexity index is 1500. The van der Waals surface area contributed by atoms with Gasteiger partial charge in [0.05, 0.1) is 18.5 Å². The molecule has 8 heteroatoms. The molecule has 0 fully saturated rings. The number of rotatable bonds is 8. The summed E-state index contributed by atoms with van der Waals surface area (Å²) in [7, 11) is 0. The van der Waals surface area contributed by atoms with Crippen molar-refractivity contribution in [2.45, 2.75) is 26.3 Å². The highest BCUT2D eigenvalue weighted by atomic mass is 19.1. The summed E-state index contributed by atoms with van der Waals surface area (Å²) < 4.78 is 21.4. The molecule has 1 atom stereocenters. The number of aromatic amines is 1. The van der Waals surface area contributed by atoms with Crippen molar-refractivity contribution in [1.29, 1.82) is 0 Å². The Morgan fingerprint density at radius 1 is 1.06 bits per heavy atom. The Labute approximate surface area is 208 Å². The topological polar surface area (TPSA) is 102 Å². The largest absolute Gasteiger partial charge is 0.491 e. The molecule has 7 nitrogen and oxygen atoms in total. The van der Waals surface area contributed by atoms with Gasteiger partial charge >= 0.3 is 0 Å². The number of benzene rings is 2. The van der Waals surface area contributed by atoms with Gasteiger partial charge in [-0.15, -0.1) is 0 Å². The monoisotopic (exact) mass is 482 g/mol. The molecular formula is C28H27FN6O. The summed E-state index contributed by atoms with van der Waals surface area (Å²) >= 11 is 0. The summed E-state index contributed by atoms with van der Waals surface area (Å²) in [5, 5.41) is 5.27. The lowest BCUT2D eigenvalue weighted by atomic mass is 9.99. The first kappa shape index (κ1) is 23.3. The van der Waals surface area contributed by atoms with E-state index in [9.17, 15) is 0 Å². The first-order valence-corrected chi connectivity index (χ1v) is 11.9. The molecule has 3 heterocycles. The average Bonchev–Trinajstić information content (AvgIpc) is 3.39. The number of nitrogen functional groups attached to an aromatic ring is 1. The molecule has 1 unspecified atom stereocenters. The Morgan fingerprint density at radius 3 is 2.72 bits per heavy atom. The van der Waals surface area contributed by atoms with Crippen molar-refractivity contribution in [3.63, 3.8) is 0 Å². The number of hydrogen-bond acceptors (Lipinski definition) is 6. The number of ether oxygens (including phenoxy) is 1. The first-order chi connectivity index (χ1) is 17.6. The van der Waals surface area contributed by atoms with Crippen molar-refractivity contribution in [2.75, 3.05) is 17.7 Å². The van der Waals surface area contributed by atoms with Gasteiger partial charge in [-0.3, -0.25) is 4.98 Å². The SMILES string of the molecule is CCOc1cc(CC)cc(C(Nc2ccc3c(N)nccc3c2)c2ncc(-c3cccnc3)[nH]2)c1F. The van der Waals surface area contributed by atoms with Crippen LogP contribution >= 0.6 is 0 Å². The van der Waals surface area contributed by atoms with Gasteiger partial charge in [-0.1, -0.05) is 13.0 Å². The number of anilines is 2. The summed E-state index contributed by atoms with van der Waals surface area (Å²) in [6.45, 7) is 4.24. The maximum absolute atomic E-state index is 15.8. The minimum atomic E-state index is -0.613. The van der Waals surface area contributed by atoms with E-state index in [0.29, 0.717) is 23.8 Å². The fourth-order valence-corrected chi connectivity index (χ4v) is 4.26. The van der Waals surface area contributed by atoms with Gasteiger partial charge in [-0.25, -0.2) is 14.4 Å². The zero-order valence-corrected chi connectivity index (χ0v) is 20.1. The van der Waals surface area contributed by atoms with Crippen molar-refractivity contribution < 1.29 is 9.13 Å². The van der Waals surface area contributed by atoms with E-state index >= 15 is 4.39 Å². The molecule has 0 radical (unpaired) electrons. The molecule has 0 amide bonds. The average molecular weight is 483 g/mol. The van der Waals surface area contributed by atoms with Gasteiger partial charge in [-0.05, 0) is 66.8 Å². The van der Waals surface area contributed by atoms with Crippen molar-refractivity contribution in [1.82, 2.24) is 19.9 Å². The number of halogens is 1. The van der Waals surface area contributed by atoms with Crippen molar-refractivity contribution >= 4 is 22.3 Å². The van der Waals surface area contributed by atoms with Crippen LogP contribution in [0.3, 0.4) is 0 Å². The maximum atomic E-state index is 15.8. The highest BCUT2D eigenvalue weighted by Crippen LogP contribution is 2.34. The van der Waals surface area contributed by atoms with Crippen LogP contribution in [-0.2, 0) is 6.42 Å². The van der Waals surface area contributed by atoms with Gasteiger partial charge in [0.25, 0.3) is 0 Å².